The predicted octanol–water partition coefficient (Wildman–Crippen LogP) is 3.32. The fraction of sp³-hybridized carbons (Fsp3) is 0.353. The first kappa shape index (κ1) is 12.4. The van der Waals surface area contributed by atoms with Crippen LogP contribution in [0.4, 0.5) is 0 Å². The third kappa shape index (κ3) is 2.85. The number of likely N-dealkylation sites (tertiary alicyclic amines) is 1. The molecule has 1 aromatic carbocycles. The molecule has 0 N–H and O–H groups in total. The molecule has 0 spiro atoms. The maximum atomic E-state index is 4.25. The third-order valence-corrected chi connectivity index (χ3v) is 4.07. The lowest BCUT2D eigenvalue weighted by molar-refractivity contribution is 0.313. The van der Waals surface area contributed by atoms with Crippen molar-refractivity contribution >= 4 is 0 Å². The standard InChI is InChI=1S/C17H20N2/c1-19-13-15(10-14-6-3-2-4-7-14)11-17(19)16-8-5-9-18-12-16/h2-9,12,15,17H,10-11,13H2,1H3/t15-,17-/m0/s1. The fourth-order valence-corrected chi connectivity index (χ4v) is 3.16. The van der Waals surface area contributed by atoms with E-state index in [1.54, 1.807) is 0 Å². The normalized spacial score (nSPS) is 23.6. The van der Waals surface area contributed by atoms with Crippen LogP contribution in [0.25, 0.3) is 0 Å². The number of hydrogen-bond donors (Lipinski definition) is 0. The number of benzene rings is 1. The number of pyridine rings is 1. The Kier molecular flexibility index (Phi) is 3.60. The zero-order valence-electron chi connectivity index (χ0n) is 11.4. The highest BCUT2D eigenvalue weighted by molar-refractivity contribution is 5.18. The predicted molar refractivity (Wildman–Crippen MR) is 77.9 cm³/mol. The topological polar surface area (TPSA) is 16.1 Å². The van der Waals surface area contributed by atoms with Gasteiger partial charge in [-0.15, -0.1) is 0 Å². The van der Waals surface area contributed by atoms with Gasteiger partial charge in [0.15, 0.2) is 0 Å². The van der Waals surface area contributed by atoms with Crippen LogP contribution in [0.1, 0.15) is 23.6 Å². The van der Waals surface area contributed by atoms with E-state index in [4.69, 9.17) is 0 Å². The van der Waals surface area contributed by atoms with Crippen molar-refractivity contribution < 1.29 is 0 Å². The molecule has 1 aliphatic heterocycles. The van der Waals surface area contributed by atoms with Crippen molar-refractivity contribution in [3.8, 4) is 0 Å². The highest BCUT2D eigenvalue weighted by Gasteiger charge is 2.30. The molecule has 3 rings (SSSR count). The molecule has 2 aromatic rings. The monoisotopic (exact) mass is 252 g/mol. The van der Waals surface area contributed by atoms with E-state index in [-0.39, 0.29) is 0 Å². The van der Waals surface area contributed by atoms with Gasteiger partial charge >= 0.3 is 0 Å². The molecule has 19 heavy (non-hydrogen) atoms. The SMILES string of the molecule is CN1C[C@@H](Cc2ccccc2)C[C@H]1c1cccnc1. The van der Waals surface area contributed by atoms with Crippen LogP contribution < -0.4 is 0 Å². The summed E-state index contributed by atoms with van der Waals surface area (Å²) in [5, 5.41) is 0. The average Bonchev–Trinajstić information content (AvgIpc) is 2.82. The van der Waals surface area contributed by atoms with E-state index in [0.717, 1.165) is 5.92 Å². The smallest absolute Gasteiger partial charge is 0.0363 e. The molecule has 0 radical (unpaired) electrons. The van der Waals surface area contributed by atoms with Gasteiger partial charge in [-0.05, 0) is 43.0 Å². The van der Waals surface area contributed by atoms with Gasteiger partial charge in [0.05, 0.1) is 0 Å². The Morgan fingerprint density at radius 3 is 2.74 bits per heavy atom. The van der Waals surface area contributed by atoms with Gasteiger partial charge in [-0.1, -0.05) is 36.4 Å². The molecule has 0 bridgehead atoms. The van der Waals surface area contributed by atoms with Crippen molar-refractivity contribution in [3.05, 3.63) is 66.0 Å². The van der Waals surface area contributed by atoms with Gasteiger partial charge in [0, 0.05) is 25.0 Å². The molecule has 2 nitrogen and oxygen atoms in total. The van der Waals surface area contributed by atoms with Crippen LogP contribution >= 0.6 is 0 Å². The van der Waals surface area contributed by atoms with Crippen LogP contribution in [0.15, 0.2) is 54.9 Å². The summed E-state index contributed by atoms with van der Waals surface area (Å²) in [6, 6.07) is 15.6. The Balaban J connectivity index is 1.69. The van der Waals surface area contributed by atoms with Crippen LogP contribution in [-0.4, -0.2) is 23.5 Å². The highest BCUT2D eigenvalue weighted by Crippen LogP contribution is 2.35. The van der Waals surface area contributed by atoms with Crippen LogP contribution in [0.3, 0.4) is 0 Å². The number of aromatic nitrogens is 1. The zero-order chi connectivity index (χ0) is 13.1. The molecule has 0 aliphatic carbocycles. The van der Waals surface area contributed by atoms with Crippen molar-refractivity contribution in [1.82, 2.24) is 9.88 Å². The minimum atomic E-state index is 0.530. The maximum absolute atomic E-state index is 4.25. The van der Waals surface area contributed by atoms with Crippen LogP contribution in [0, 0.1) is 5.92 Å². The van der Waals surface area contributed by atoms with Crippen LogP contribution in [0.2, 0.25) is 0 Å². The van der Waals surface area contributed by atoms with Gasteiger partial charge in [0.2, 0.25) is 0 Å². The lowest BCUT2D eigenvalue weighted by atomic mass is 9.95. The van der Waals surface area contributed by atoms with Crippen molar-refractivity contribution in [2.24, 2.45) is 5.92 Å². The first-order valence-electron chi connectivity index (χ1n) is 6.97. The van der Waals surface area contributed by atoms with E-state index < -0.39 is 0 Å². The second-order valence-corrected chi connectivity index (χ2v) is 5.53. The molecule has 2 heteroatoms. The summed E-state index contributed by atoms with van der Waals surface area (Å²) in [6.07, 6.45) is 6.27. The molecule has 98 valence electrons. The van der Waals surface area contributed by atoms with Crippen LogP contribution in [-0.2, 0) is 6.42 Å². The Labute approximate surface area is 115 Å². The molecular weight excluding hydrogens is 232 g/mol. The van der Waals surface area contributed by atoms with Crippen molar-refractivity contribution in [3.63, 3.8) is 0 Å². The zero-order valence-corrected chi connectivity index (χ0v) is 11.4. The van der Waals surface area contributed by atoms with E-state index in [0.29, 0.717) is 6.04 Å². The minimum absolute atomic E-state index is 0.530. The average molecular weight is 252 g/mol. The van der Waals surface area contributed by atoms with Crippen LogP contribution in [0.5, 0.6) is 0 Å². The summed E-state index contributed by atoms with van der Waals surface area (Å²) in [5.41, 5.74) is 2.80. The molecule has 1 aliphatic rings. The molecule has 0 saturated carbocycles. The molecular formula is C17H20N2. The second-order valence-electron chi connectivity index (χ2n) is 5.53. The lowest BCUT2D eigenvalue weighted by Crippen LogP contribution is -2.18. The molecule has 1 aromatic heterocycles. The Bertz CT molecular complexity index is 509. The largest absolute Gasteiger partial charge is 0.299 e. The van der Waals surface area contributed by atoms with Gasteiger partial charge in [-0.3, -0.25) is 9.88 Å². The first-order valence-corrected chi connectivity index (χ1v) is 6.97. The lowest BCUT2D eigenvalue weighted by Gasteiger charge is -2.18. The maximum Gasteiger partial charge on any atom is 0.0363 e. The van der Waals surface area contributed by atoms with E-state index in [1.165, 1.54) is 30.5 Å². The Morgan fingerprint density at radius 2 is 2.00 bits per heavy atom. The summed E-state index contributed by atoms with van der Waals surface area (Å²) in [6.45, 7) is 1.18. The number of hydrogen-bond acceptors (Lipinski definition) is 2. The van der Waals surface area contributed by atoms with Crippen molar-refractivity contribution in [1.29, 1.82) is 0 Å². The van der Waals surface area contributed by atoms with Gasteiger partial charge < -0.3 is 0 Å². The summed E-state index contributed by atoms with van der Waals surface area (Å²) >= 11 is 0. The van der Waals surface area contributed by atoms with Gasteiger partial charge in [0.25, 0.3) is 0 Å². The number of rotatable bonds is 3. The van der Waals surface area contributed by atoms with E-state index in [1.807, 2.05) is 18.5 Å². The summed E-state index contributed by atoms with van der Waals surface area (Å²) in [5.74, 6) is 0.748. The van der Waals surface area contributed by atoms with Gasteiger partial charge in [0.1, 0.15) is 0 Å². The van der Waals surface area contributed by atoms with Crippen molar-refractivity contribution in [2.75, 3.05) is 13.6 Å². The number of nitrogens with zero attached hydrogens (tertiary/aromatic N) is 2. The van der Waals surface area contributed by atoms with E-state index in [9.17, 15) is 0 Å². The summed E-state index contributed by atoms with van der Waals surface area (Å²) < 4.78 is 0. The molecule has 0 amide bonds. The van der Waals surface area contributed by atoms with Gasteiger partial charge in [-0.25, -0.2) is 0 Å². The molecule has 1 fully saturated rings. The quantitative estimate of drug-likeness (QED) is 0.833. The third-order valence-electron chi connectivity index (χ3n) is 4.07. The Hall–Kier alpha value is -1.67. The first-order chi connectivity index (χ1) is 9.33. The molecule has 2 atom stereocenters. The minimum Gasteiger partial charge on any atom is -0.299 e. The molecule has 1 saturated heterocycles. The summed E-state index contributed by atoms with van der Waals surface area (Å²) in [4.78, 5) is 6.71. The molecule has 2 heterocycles. The van der Waals surface area contributed by atoms with Gasteiger partial charge in [-0.2, -0.15) is 0 Å². The highest BCUT2D eigenvalue weighted by atomic mass is 15.2. The Morgan fingerprint density at radius 1 is 1.16 bits per heavy atom. The molecule has 0 unspecified atom stereocenters. The van der Waals surface area contributed by atoms with E-state index >= 15 is 0 Å². The van der Waals surface area contributed by atoms with Crippen molar-refractivity contribution in [2.45, 2.75) is 18.9 Å². The van der Waals surface area contributed by atoms with E-state index in [2.05, 4.69) is 53.3 Å². The summed E-state index contributed by atoms with van der Waals surface area (Å²) in [7, 11) is 2.22. The fourth-order valence-electron chi connectivity index (χ4n) is 3.16. The second kappa shape index (κ2) is 5.54.